The normalized spacial score (nSPS) is 11.1. The topological polar surface area (TPSA) is 66.4 Å². The van der Waals surface area contributed by atoms with Crippen LogP contribution in [-0.4, -0.2) is 17.0 Å². The van der Waals surface area contributed by atoms with Crippen LogP contribution in [0, 0.1) is 5.41 Å². The molecule has 0 saturated heterocycles. The number of benzene rings is 1. The Bertz CT molecular complexity index is 478. The van der Waals surface area contributed by atoms with E-state index in [2.05, 4.69) is 21.2 Å². The van der Waals surface area contributed by atoms with Gasteiger partial charge in [0, 0.05) is 10.9 Å². The molecule has 0 bridgehead atoms. The maximum atomic E-state index is 11.8. The van der Waals surface area contributed by atoms with Gasteiger partial charge in [0.25, 0.3) is 0 Å². The molecule has 1 aromatic carbocycles. The van der Waals surface area contributed by atoms with Gasteiger partial charge in [-0.05, 0) is 23.6 Å². The SMILES string of the molecule is CC(C)(C)CC(=O)Nc1cc(Br)ccc1C(=O)O. The Balaban J connectivity index is 2.93. The van der Waals surface area contributed by atoms with Gasteiger partial charge < -0.3 is 10.4 Å². The molecule has 0 radical (unpaired) electrons. The quantitative estimate of drug-likeness (QED) is 0.897. The molecule has 0 unspecified atom stereocenters. The van der Waals surface area contributed by atoms with Crippen LogP contribution in [0.15, 0.2) is 22.7 Å². The Hall–Kier alpha value is -1.36. The molecule has 4 nitrogen and oxygen atoms in total. The smallest absolute Gasteiger partial charge is 0.337 e. The number of amides is 1. The molecule has 0 aliphatic heterocycles. The third-order valence-electron chi connectivity index (χ3n) is 2.18. The third kappa shape index (κ3) is 4.49. The van der Waals surface area contributed by atoms with E-state index in [1.54, 1.807) is 12.1 Å². The number of nitrogens with one attached hydrogen (secondary N) is 1. The summed E-state index contributed by atoms with van der Waals surface area (Å²) >= 11 is 3.25. The summed E-state index contributed by atoms with van der Waals surface area (Å²) in [6.45, 7) is 5.85. The van der Waals surface area contributed by atoms with E-state index in [1.807, 2.05) is 20.8 Å². The van der Waals surface area contributed by atoms with Gasteiger partial charge in [-0.3, -0.25) is 4.79 Å². The second-order valence-electron chi connectivity index (χ2n) is 5.28. The van der Waals surface area contributed by atoms with E-state index in [0.29, 0.717) is 12.1 Å². The summed E-state index contributed by atoms with van der Waals surface area (Å²) in [5.74, 6) is -1.25. The molecule has 98 valence electrons. The predicted molar refractivity (Wildman–Crippen MR) is 73.8 cm³/mol. The van der Waals surface area contributed by atoms with Crippen LogP contribution < -0.4 is 5.32 Å². The van der Waals surface area contributed by atoms with E-state index in [4.69, 9.17) is 5.11 Å². The van der Waals surface area contributed by atoms with Crippen molar-refractivity contribution in [2.45, 2.75) is 27.2 Å². The first kappa shape index (κ1) is 14.7. The molecule has 18 heavy (non-hydrogen) atoms. The first-order valence-electron chi connectivity index (χ1n) is 5.52. The summed E-state index contributed by atoms with van der Waals surface area (Å²) in [7, 11) is 0. The van der Waals surface area contributed by atoms with Crippen molar-refractivity contribution >= 4 is 33.5 Å². The molecule has 0 spiro atoms. The fourth-order valence-corrected chi connectivity index (χ4v) is 1.84. The highest BCUT2D eigenvalue weighted by Gasteiger charge is 2.18. The van der Waals surface area contributed by atoms with Gasteiger partial charge in [-0.15, -0.1) is 0 Å². The van der Waals surface area contributed by atoms with E-state index in [-0.39, 0.29) is 16.9 Å². The maximum Gasteiger partial charge on any atom is 0.337 e. The number of carboxylic acids is 1. The van der Waals surface area contributed by atoms with E-state index >= 15 is 0 Å². The minimum atomic E-state index is -1.06. The lowest BCUT2D eigenvalue weighted by Gasteiger charge is -2.18. The number of aromatic carboxylic acids is 1. The van der Waals surface area contributed by atoms with Crippen LogP contribution in [0.1, 0.15) is 37.6 Å². The lowest BCUT2D eigenvalue weighted by Crippen LogP contribution is -2.20. The van der Waals surface area contributed by atoms with E-state index in [9.17, 15) is 9.59 Å². The summed E-state index contributed by atoms with van der Waals surface area (Å²) in [5.41, 5.74) is 0.256. The molecule has 1 rings (SSSR count). The minimum Gasteiger partial charge on any atom is -0.478 e. The van der Waals surface area contributed by atoms with Gasteiger partial charge in [-0.2, -0.15) is 0 Å². The van der Waals surface area contributed by atoms with Crippen molar-refractivity contribution in [3.8, 4) is 0 Å². The number of carboxylic acid groups (broad SMARTS) is 1. The largest absolute Gasteiger partial charge is 0.478 e. The Labute approximate surface area is 115 Å². The number of anilines is 1. The van der Waals surface area contributed by atoms with Gasteiger partial charge >= 0.3 is 5.97 Å². The summed E-state index contributed by atoms with van der Waals surface area (Å²) in [5, 5.41) is 11.7. The second kappa shape index (κ2) is 5.52. The lowest BCUT2D eigenvalue weighted by molar-refractivity contribution is -0.117. The highest BCUT2D eigenvalue weighted by atomic mass is 79.9. The minimum absolute atomic E-state index is 0.0838. The zero-order chi connectivity index (χ0) is 13.9. The van der Waals surface area contributed by atoms with Crippen LogP contribution >= 0.6 is 15.9 Å². The van der Waals surface area contributed by atoms with Gasteiger partial charge in [0.1, 0.15) is 0 Å². The lowest BCUT2D eigenvalue weighted by atomic mass is 9.92. The monoisotopic (exact) mass is 313 g/mol. The van der Waals surface area contributed by atoms with Gasteiger partial charge in [0.2, 0.25) is 5.91 Å². The zero-order valence-corrected chi connectivity index (χ0v) is 12.2. The van der Waals surface area contributed by atoms with Gasteiger partial charge in [0.15, 0.2) is 0 Å². The predicted octanol–water partition coefficient (Wildman–Crippen LogP) is 3.52. The summed E-state index contributed by atoms with van der Waals surface area (Å²) in [6, 6.07) is 4.67. The van der Waals surface area contributed by atoms with Crippen molar-refractivity contribution in [2.24, 2.45) is 5.41 Å². The number of hydrogen-bond donors (Lipinski definition) is 2. The fourth-order valence-electron chi connectivity index (χ4n) is 1.48. The van der Waals surface area contributed by atoms with Crippen LogP contribution in [0.5, 0.6) is 0 Å². The second-order valence-corrected chi connectivity index (χ2v) is 6.20. The van der Waals surface area contributed by atoms with E-state index in [0.717, 1.165) is 4.47 Å². The summed E-state index contributed by atoms with van der Waals surface area (Å²) in [4.78, 5) is 22.8. The van der Waals surface area contributed by atoms with Crippen molar-refractivity contribution in [3.63, 3.8) is 0 Å². The highest BCUT2D eigenvalue weighted by molar-refractivity contribution is 9.10. The first-order chi connectivity index (χ1) is 8.19. The average Bonchev–Trinajstić information content (AvgIpc) is 2.13. The Kier molecular flexibility index (Phi) is 4.51. The number of halogens is 1. The van der Waals surface area contributed by atoms with Crippen molar-refractivity contribution in [1.82, 2.24) is 0 Å². The Morgan fingerprint density at radius 2 is 1.94 bits per heavy atom. The van der Waals surface area contributed by atoms with Crippen LogP contribution in [0.2, 0.25) is 0 Å². The van der Waals surface area contributed by atoms with Crippen LogP contribution in [0.4, 0.5) is 5.69 Å². The van der Waals surface area contributed by atoms with Crippen LogP contribution in [0.25, 0.3) is 0 Å². The molecule has 1 amide bonds. The number of rotatable bonds is 3. The average molecular weight is 314 g/mol. The fraction of sp³-hybridized carbons (Fsp3) is 0.385. The molecule has 0 aromatic heterocycles. The van der Waals surface area contributed by atoms with Gasteiger partial charge in [-0.25, -0.2) is 4.79 Å². The third-order valence-corrected chi connectivity index (χ3v) is 2.67. The molecule has 0 saturated carbocycles. The maximum absolute atomic E-state index is 11.8. The van der Waals surface area contributed by atoms with Crippen molar-refractivity contribution in [3.05, 3.63) is 28.2 Å². The highest BCUT2D eigenvalue weighted by Crippen LogP contribution is 2.24. The van der Waals surface area contributed by atoms with Crippen molar-refractivity contribution in [1.29, 1.82) is 0 Å². The molecule has 0 aliphatic carbocycles. The van der Waals surface area contributed by atoms with Gasteiger partial charge in [-0.1, -0.05) is 36.7 Å². The summed E-state index contributed by atoms with van der Waals surface area (Å²) in [6.07, 6.45) is 0.332. The molecular formula is C13H16BrNO3. The molecule has 0 fully saturated rings. The van der Waals surface area contributed by atoms with Crippen molar-refractivity contribution in [2.75, 3.05) is 5.32 Å². The Morgan fingerprint density at radius 3 is 2.44 bits per heavy atom. The number of carbonyl (C=O) groups excluding carboxylic acids is 1. The molecule has 5 heteroatoms. The Morgan fingerprint density at radius 1 is 1.33 bits per heavy atom. The first-order valence-corrected chi connectivity index (χ1v) is 6.31. The van der Waals surface area contributed by atoms with E-state index in [1.165, 1.54) is 6.07 Å². The molecular weight excluding hydrogens is 298 g/mol. The molecule has 2 N–H and O–H groups in total. The number of carbonyl (C=O) groups is 2. The van der Waals surface area contributed by atoms with Crippen molar-refractivity contribution < 1.29 is 14.7 Å². The standard InChI is InChI=1S/C13H16BrNO3/c1-13(2,3)7-11(16)15-10-6-8(14)4-5-9(10)12(17)18/h4-6H,7H2,1-3H3,(H,15,16)(H,17,18). The molecule has 1 aromatic rings. The number of hydrogen-bond acceptors (Lipinski definition) is 2. The van der Waals surface area contributed by atoms with Crippen LogP contribution in [-0.2, 0) is 4.79 Å². The van der Waals surface area contributed by atoms with E-state index < -0.39 is 5.97 Å². The van der Waals surface area contributed by atoms with Gasteiger partial charge in [0.05, 0.1) is 11.3 Å². The molecule has 0 heterocycles. The summed E-state index contributed by atoms with van der Waals surface area (Å²) < 4.78 is 0.721. The molecule has 0 atom stereocenters. The van der Waals surface area contributed by atoms with Crippen LogP contribution in [0.3, 0.4) is 0 Å². The zero-order valence-electron chi connectivity index (χ0n) is 10.6. The molecule has 0 aliphatic rings.